The number of hydrogen-bond donors (Lipinski definition) is 3. The van der Waals surface area contributed by atoms with Gasteiger partial charge in [0.05, 0.1) is 13.0 Å². The summed E-state index contributed by atoms with van der Waals surface area (Å²) in [5.74, 6) is -1.10. The van der Waals surface area contributed by atoms with Crippen LogP contribution < -0.4 is 16.0 Å². The van der Waals surface area contributed by atoms with Gasteiger partial charge in [0.15, 0.2) is 0 Å². The van der Waals surface area contributed by atoms with Crippen LogP contribution in [0.5, 0.6) is 0 Å². The van der Waals surface area contributed by atoms with Crippen molar-refractivity contribution in [3.05, 3.63) is 59.9 Å². The Kier molecular flexibility index (Phi) is 5.80. The number of benzene rings is 2. The Balaban J connectivity index is 1.46. The van der Waals surface area contributed by atoms with Crippen LogP contribution in [0.2, 0.25) is 0 Å². The molecule has 0 atom stereocenters. The number of carbonyl (C=O) groups is 3. The van der Waals surface area contributed by atoms with Gasteiger partial charge >= 0.3 is 0 Å². The standard InChI is InChI=1S/C20H20FN3O3/c21-15-4-1-3-13(9-15)10-18(25)22-12-19(26)23-16-5-2-6-17(11-16)24-20(27)14-7-8-14/h1-6,9,11,14H,7-8,10,12H2,(H,22,25)(H,23,26)(H,24,27). The second kappa shape index (κ2) is 8.44. The zero-order chi connectivity index (χ0) is 19.2. The molecular weight excluding hydrogens is 349 g/mol. The lowest BCUT2D eigenvalue weighted by molar-refractivity contribution is -0.123. The van der Waals surface area contributed by atoms with Gasteiger partial charge in [0.1, 0.15) is 5.82 Å². The maximum Gasteiger partial charge on any atom is 0.243 e. The number of hydrogen-bond acceptors (Lipinski definition) is 3. The second-order valence-corrected chi connectivity index (χ2v) is 6.48. The van der Waals surface area contributed by atoms with Gasteiger partial charge in [0, 0.05) is 17.3 Å². The molecule has 3 rings (SSSR count). The quantitative estimate of drug-likeness (QED) is 0.701. The van der Waals surface area contributed by atoms with E-state index in [0.717, 1.165) is 12.8 Å². The minimum atomic E-state index is -0.410. The topological polar surface area (TPSA) is 87.3 Å². The number of nitrogens with one attached hydrogen (secondary N) is 3. The molecule has 3 amide bonds. The molecule has 0 radical (unpaired) electrons. The van der Waals surface area contributed by atoms with E-state index in [2.05, 4.69) is 16.0 Å². The lowest BCUT2D eigenvalue weighted by atomic mass is 10.1. The largest absolute Gasteiger partial charge is 0.347 e. The van der Waals surface area contributed by atoms with E-state index >= 15 is 0 Å². The molecule has 0 spiro atoms. The molecule has 0 unspecified atom stereocenters. The summed E-state index contributed by atoms with van der Waals surface area (Å²) in [5, 5.41) is 7.97. The van der Waals surface area contributed by atoms with Gasteiger partial charge in [-0.25, -0.2) is 4.39 Å². The van der Waals surface area contributed by atoms with E-state index in [-0.39, 0.29) is 30.7 Å². The second-order valence-electron chi connectivity index (χ2n) is 6.48. The summed E-state index contributed by atoms with van der Waals surface area (Å²) in [4.78, 5) is 35.7. The smallest absolute Gasteiger partial charge is 0.243 e. The fourth-order valence-corrected chi connectivity index (χ4v) is 2.54. The fourth-order valence-electron chi connectivity index (χ4n) is 2.54. The van der Waals surface area contributed by atoms with Gasteiger partial charge in [0.2, 0.25) is 17.7 Å². The van der Waals surface area contributed by atoms with Gasteiger partial charge in [-0.1, -0.05) is 18.2 Å². The van der Waals surface area contributed by atoms with Crippen molar-refractivity contribution >= 4 is 29.1 Å². The minimum Gasteiger partial charge on any atom is -0.347 e. The van der Waals surface area contributed by atoms with Crippen molar-refractivity contribution < 1.29 is 18.8 Å². The molecule has 0 aromatic heterocycles. The van der Waals surface area contributed by atoms with Crippen LogP contribution in [-0.2, 0) is 20.8 Å². The Labute approximate surface area is 156 Å². The van der Waals surface area contributed by atoms with Crippen LogP contribution in [0.25, 0.3) is 0 Å². The average Bonchev–Trinajstić information content (AvgIpc) is 3.45. The molecule has 0 bridgehead atoms. The van der Waals surface area contributed by atoms with Gasteiger partial charge in [-0.15, -0.1) is 0 Å². The Morgan fingerprint density at radius 1 is 0.926 bits per heavy atom. The number of halogens is 1. The zero-order valence-electron chi connectivity index (χ0n) is 14.6. The van der Waals surface area contributed by atoms with Crippen LogP contribution in [0.1, 0.15) is 18.4 Å². The first-order chi connectivity index (χ1) is 13.0. The van der Waals surface area contributed by atoms with Gasteiger partial charge < -0.3 is 16.0 Å². The van der Waals surface area contributed by atoms with Crippen molar-refractivity contribution in [3.63, 3.8) is 0 Å². The number of rotatable bonds is 7. The molecule has 140 valence electrons. The van der Waals surface area contributed by atoms with Crippen LogP contribution in [0.4, 0.5) is 15.8 Å². The molecule has 0 saturated heterocycles. The van der Waals surface area contributed by atoms with Crippen molar-refractivity contribution in [2.45, 2.75) is 19.3 Å². The molecule has 1 fully saturated rings. The molecule has 7 heteroatoms. The van der Waals surface area contributed by atoms with E-state index in [9.17, 15) is 18.8 Å². The van der Waals surface area contributed by atoms with E-state index in [4.69, 9.17) is 0 Å². The summed E-state index contributed by atoms with van der Waals surface area (Å²) >= 11 is 0. The van der Waals surface area contributed by atoms with Crippen LogP contribution in [-0.4, -0.2) is 24.3 Å². The Morgan fingerprint density at radius 2 is 1.63 bits per heavy atom. The van der Waals surface area contributed by atoms with Crippen LogP contribution in [0, 0.1) is 11.7 Å². The number of anilines is 2. The fraction of sp³-hybridized carbons (Fsp3) is 0.250. The van der Waals surface area contributed by atoms with Gasteiger partial charge in [-0.2, -0.15) is 0 Å². The van der Waals surface area contributed by atoms with Crippen LogP contribution in [0.3, 0.4) is 0 Å². The maximum atomic E-state index is 13.1. The Bertz CT molecular complexity index is 865. The molecule has 0 heterocycles. The van der Waals surface area contributed by atoms with E-state index < -0.39 is 11.7 Å². The summed E-state index contributed by atoms with van der Waals surface area (Å²) in [7, 11) is 0. The van der Waals surface area contributed by atoms with Gasteiger partial charge in [-0.3, -0.25) is 14.4 Å². The molecule has 27 heavy (non-hydrogen) atoms. The monoisotopic (exact) mass is 369 g/mol. The molecule has 1 saturated carbocycles. The Morgan fingerprint density at radius 3 is 2.33 bits per heavy atom. The molecular formula is C20H20FN3O3. The first-order valence-corrected chi connectivity index (χ1v) is 8.71. The highest BCUT2D eigenvalue weighted by Crippen LogP contribution is 2.30. The summed E-state index contributed by atoms with van der Waals surface area (Å²) in [5.41, 5.74) is 1.67. The van der Waals surface area contributed by atoms with Crippen LogP contribution >= 0.6 is 0 Å². The molecule has 0 aliphatic heterocycles. The lowest BCUT2D eigenvalue weighted by Crippen LogP contribution is -2.33. The molecule has 3 N–H and O–H groups in total. The van der Waals surface area contributed by atoms with E-state index in [1.54, 1.807) is 30.3 Å². The van der Waals surface area contributed by atoms with Crippen molar-refractivity contribution in [2.24, 2.45) is 5.92 Å². The third-order valence-electron chi connectivity index (χ3n) is 4.06. The number of amides is 3. The predicted octanol–water partition coefficient (Wildman–Crippen LogP) is 2.47. The zero-order valence-corrected chi connectivity index (χ0v) is 14.6. The number of carbonyl (C=O) groups excluding carboxylic acids is 3. The average molecular weight is 369 g/mol. The first kappa shape index (κ1) is 18.6. The molecule has 1 aliphatic carbocycles. The van der Waals surface area contributed by atoms with Crippen molar-refractivity contribution in [1.82, 2.24) is 5.32 Å². The first-order valence-electron chi connectivity index (χ1n) is 8.71. The summed E-state index contributed by atoms with van der Waals surface area (Å²) in [6.45, 7) is -0.202. The van der Waals surface area contributed by atoms with Gasteiger partial charge in [0.25, 0.3) is 0 Å². The van der Waals surface area contributed by atoms with Crippen LogP contribution in [0.15, 0.2) is 48.5 Å². The lowest BCUT2D eigenvalue weighted by Gasteiger charge is -2.09. The third-order valence-corrected chi connectivity index (χ3v) is 4.06. The van der Waals surface area contributed by atoms with Crippen molar-refractivity contribution in [1.29, 1.82) is 0 Å². The third kappa shape index (κ3) is 5.91. The van der Waals surface area contributed by atoms with E-state index in [0.29, 0.717) is 16.9 Å². The van der Waals surface area contributed by atoms with Crippen molar-refractivity contribution in [2.75, 3.05) is 17.2 Å². The molecule has 1 aliphatic rings. The highest BCUT2D eigenvalue weighted by atomic mass is 19.1. The molecule has 2 aromatic carbocycles. The maximum absolute atomic E-state index is 13.1. The van der Waals surface area contributed by atoms with Crippen molar-refractivity contribution in [3.8, 4) is 0 Å². The Hall–Kier alpha value is -3.22. The molecule has 6 nitrogen and oxygen atoms in total. The van der Waals surface area contributed by atoms with E-state index in [1.165, 1.54) is 18.2 Å². The minimum absolute atomic E-state index is 0.00623. The SMILES string of the molecule is O=C(Cc1cccc(F)c1)NCC(=O)Nc1cccc(NC(=O)C2CC2)c1. The summed E-state index contributed by atoms with van der Waals surface area (Å²) in [6, 6.07) is 12.6. The molecule has 2 aromatic rings. The predicted molar refractivity (Wildman–Crippen MR) is 99.5 cm³/mol. The highest BCUT2D eigenvalue weighted by Gasteiger charge is 2.29. The summed E-state index contributed by atoms with van der Waals surface area (Å²) < 4.78 is 13.1. The van der Waals surface area contributed by atoms with Gasteiger partial charge in [-0.05, 0) is 48.7 Å². The summed E-state index contributed by atoms with van der Waals surface area (Å²) in [6.07, 6.45) is 1.82. The van der Waals surface area contributed by atoms with E-state index in [1.807, 2.05) is 0 Å². The normalized spacial score (nSPS) is 12.9. The highest BCUT2D eigenvalue weighted by molar-refractivity contribution is 5.97.